The maximum Gasteiger partial charge on any atom is 0.217 e. The molecule has 0 aromatic carbocycles. The van der Waals surface area contributed by atoms with Crippen LogP contribution in [0.15, 0.2) is 0 Å². The van der Waals surface area contributed by atoms with E-state index in [-0.39, 0.29) is 5.92 Å². The Morgan fingerprint density at radius 3 is 2.38 bits per heavy atom. The molecule has 0 saturated carbocycles. The Balaban J connectivity index is 3.11. The fourth-order valence-electron chi connectivity index (χ4n) is 2.21. The van der Waals surface area contributed by atoms with Gasteiger partial charge in [-0.15, -0.1) is 0 Å². The normalized spacial score (nSPS) is 13.2. The second kappa shape index (κ2) is 5.34. The minimum atomic E-state index is -0.487. The lowest BCUT2D eigenvalue weighted by molar-refractivity contribution is 0.0995. The van der Waals surface area contributed by atoms with Gasteiger partial charge in [-0.3, -0.25) is 0 Å². The molecule has 1 heterocycles. The van der Waals surface area contributed by atoms with E-state index in [1.807, 2.05) is 14.0 Å². The number of methoxy groups -OCH3 is 1. The maximum absolute atomic E-state index is 10.4. The van der Waals surface area contributed by atoms with Crippen molar-refractivity contribution < 1.29 is 9.84 Å². The first kappa shape index (κ1) is 13.0. The zero-order valence-corrected chi connectivity index (χ0v) is 10.8. The quantitative estimate of drug-likeness (QED) is 0.837. The Bertz CT molecular complexity index is 343. The number of aliphatic hydroxyl groups excluding tert-OH is 1. The van der Waals surface area contributed by atoms with E-state index in [0.717, 1.165) is 24.1 Å². The molecule has 1 N–H and O–H groups in total. The van der Waals surface area contributed by atoms with Crippen LogP contribution in [-0.4, -0.2) is 22.0 Å². The number of aryl methyl sites for hydroxylation is 2. The van der Waals surface area contributed by atoms with Crippen molar-refractivity contribution in [2.45, 2.75) is 39.7 Å². The average molecular weight is 226 g/mol. The number of rotatable bonds is 5. The van der Waals surface area contributed by atoms with Crippen molar-refractivity contribution in [1.82, 2.24) is 9.78 Å². The molecule has 4 heteroatoms. The number of hydrogen-bond donors (Lipinski definition) is 1. The van der Waals surface area contributed by atoms with Crippen LogP contribution in [-0.2, 0) is 7.05 Å². The van der Waals surface area contributed by atoms with Gasteiger partial charge in [-0.2, -0.15) is 5.10 Å². The molecule has 0 bridgehead atoms. The Labute approximate surface area is 97.2 Å². The number of nitrogens with zero attached hydrogens (tertiary/aromatic N) is 2. The third kappa shape index (κ3) is 2.21. The maximum atomic E-state index is 10.4. The molecular formula is C12H22N2O2. The Kier molecular flexibility index (Phi) is 4.35. The van der Waals surface area contributed by atoms with Crippen molar-refractivity contribution in [2.75, 3.05) is 7.11 Å². The van der Waals surface area contributed by atoms with Gasteiger partial charge in [0.1, 0.15) is 0 Å². The molecule has 92 valence electrons. The van der Waals surface area contributed by atoms with Crippen LogP contribution in [0.3, 0.4) is 0 Å². The van der Waals surface area contributed by atoms with Crippen LogP contribution in [0.2, 0.25) is 0 Å². The molecule has 1 rings (SSSR count). The van der Waals surface area contributed by atoms with Crippen LogP contribution >= 0.6 is 0 Å². The molecule has 0 radical (unpaired) electrons. The van der Waals surface area contributed by atoms with Crippen LogP contribution in [0, 0.1) is 12.8 Å². The van der Waals surface area contributed by atoms with Crippen LogP contribution in [0.4, 0.5) is 0 Å². The zero-order chi connectivity index (χ0) is 12.3. The van der Waals surface area contributed by atoms with Gasteiger partial charge in [0.2, 0.25) is 5.88 Å². The molecule has 4 nitrogen and oxygen atoms in total. The molecule has 16 heavy (non-hydrogen) atoms. The summed E-state index contributed by atoms with van der Waals surface area (Å²) in [6.45, 7) is 6.09. The summed E-state index contributed by atoms with van der Waals surface area (Å²) in [6.07, 6.45) is 1.42. The molecule has 0 saturated heterocycles. The lowest BCUT2D eigenvalue weighted by Crippen LogP contribution is -2.12. The highest BCUT2D eigenvalue weighted by Crippen LogP contribution is 2.34. The van der Waals surface area contributed by atoms with Gasteiger partial charge < -0.3 is 9.84 Å². The van der Waals surface area contributed by atoms with Gasteiger partial charge in [0, 0.05) is 7.05 Å². The van der Waals surface area contributed by atoms with Crippen LogP contribution in [0.25, 0.3) is 0 Å². The summed E-state index contributed by atoms with van der Waals surface area (Å²) in [5.41, 5.74) is 1.68. The molecule has 0 aliphatic heterocycles. The molecular weight excluding hydrogens is 204 g/mol. The van der Waals surface area contributed by atoms with Gasteiger partial charge in [-0.05, 0) is 12.8 Å². The highest BCUT2D eigenvalue weighted by Gasteiger charge is 2.26. The molecule has 1 aromatic heterocycles. The predicted molar refractivity (Wildman–Crippen MR) is 63.5 cm³/mol. The van der Waals surface area contributed by atoms with Crippen LogP contribution in [0.1, 0.15) is 44.1 Å². The second-order valence-corrected chi connectivity index (χ2v) is 4.15. The summed E-state index contributed by atoms with van der Waals surface area (Å²) >= 11 is 0. The van der Waals surface area contributed by atoms with Crippen LogP contribution in [0.5, 0.6) is 5.88 Å². The molecule has 1 atom stereocenters. The SMILES string of the molecule is CCC(CC)C(O)c1c(C)nn(C)c1OC. The van der Waals surface area contributed by atoms with Gasteiger partial charge in [0.05, 0.1) is 24.5 Å². The van der Waals surface area contributed by atoms with E-state index in [9.17, 15) is 5.11 Å². The average Bonchev–Trinajstić information content (AvgIpc) is 2.54. The van der Waals surface area contributed by atoms with E-state index < -0.39 is 6.10 Å². The van der Waals surface area contributed by atoms with Gasteiger partial charge in [-0.1, -0.05) is 26.7 Å². The van der Waals surface area contributed by atoms with E-state index in [1.54, 1.807) is 11.8 Å². The number of aromatic nitrogens is 2. The summed E-state index contributed by atoms with van der Waals surface area (Å²) in [4.78, 5) is 0. The first-order valence-corrected chi connectivity index (χ1v) is 5.82. The number of ether oxygens (including phenoxy) is 1. The molecule has 0 amide bonds. The summed E-state index contributed by atoms with van der Waals surface area (Å²) in [7, 11) is 3.44. The lowest BCUT2D eigenvalue weighted by atomic mass is 9.91. The van der Waals surface area contributed by atoms with Crippen molar-refractivity contribution >= 4 is 0 Å². The molecule has 0 spiro atoms. The first-order valence-electron chi connectivity index (χ1n) is 5.82. The van der Waals surface area contributed by atoms with Gasteiger partial charge in [0.25, 0.3) is 0 Å². The predicted octanol–water partition coefficient (Wildman–Crippen LogP) is 2.21. The summed E-state index contributed by atoms with van der Waals surface area (Å²) in [6, 6.07) is 0. The fraction of sp³-hybridized carbons (Fsp3) is 0.750. The molecule has 1 aromatic rings. The van der Waals surface area contributed by atoms with E-state index in [2.05, 4.69) is 18.9 Å². The number of aliphatic hydroxyl groups is 1. The first-order chi connectivity index (χ1) is 7.56. The number of hydrogen-bond acceptors (Lipinski definition) is 3. The summed E-state index contributed by atoms with van der Waals surface area (Å²) < 4.78 is 6.97. The molecule has 0 fully saturated rings. The Morgan fingerprint density at radius 1 is 1.38 bits per heavy atom. The Hall–Kier alpha value is -1.03. The highest BCUT2D eigenvalue weighted by molar-refractivity contribution is 5.33. The molecule has 0 aliphatic carbocycles. The highest BCUT2D eigenvalue weighted by atomic mass is 16.5. The monoisotopic (exact) mass is 226 g/mol. The topological polar surface area (TPSA) is 47.3 Å². The lowest BCUT2D eigenvalue weighted by Gasteiger charge is -2.20. The van der Waals surface area contributed by atoms with E-state index in [1.165, 1.54) is 0 Å². The minimum absolute atomic E-state index is 0.261. The van der Waals surface area contributed by atoms with Crippen molar-refractivity contribution in [2.24, 2.45) is 13.0 Å². The zero-order valence-electron chi connectivity index (χ0n) is 10.8. The Morgan fingerprint density at radius 2 is 1.94 bits per heavy atom. The standard InChI is InChI=1S/C12H22N2O2/c1-6-9(7-2)11(15)10-8(3)13-14(4)12(10)16-5/h9,11,15H,6-7H2,1-5H3. The van der Waals surface area contributed by atoms with Crippen molar-refractivity contribution in [1.29, 1.82) is 0 Å². The second-order valence-electron chi connectivity index (χ2n) is 4.15. The van der Waals surface area contributed by atoms with Crippen molar-refractivity contribution in [3.05, 3.63) is 11.3 Å². The van der Waals surface area contributed by atoms with Gasteiger partial charge in [0.15, 0.2) is 0 Å². The van der Waals surface area contributed by atoms with E-state index >= 15 is 0 Å². The van der Waals surface area contributed by atoms with E-state index in [0.29, 0.717) is 5.88 Å². The van der Waals surface area contributed by atoms with Gasteiger partial charge >= 0.3 is 0 Å². The summed E-state index contributed by atoms with van der Waals surface area (Å²) in [5.74, 6) is 0.925. The smallest absolute Gasteiger partial charge is 0.217 e. The largest absolute Gasteiger partial charge is 0.481 e. The van der Waals surface area contributed by atoms with Crippen LogP contribution < -0.4 is 4.74 Å². The molecule has 0 aliphatic rings. The fourth-order valence-corrected chi connectivity index (χ4v) is 2.21. The minimum Gasteiger partial charge on any atom is -0.481 e. The van der Waals surface area contributed by atoms with Crippen molar-refractivity contribution in [3.8, 4) is 5.88 Å². The van der Waals surface area contributed by atoms with E-state index in [4.69, 9.17) is 4.74 Å². The third-order valence-corrected chi connectivity index (χ3v) is 3.20. The molecule has 1 unspecified atom stereocenters. The van der Waals surface area contributed by atoms with Gasteiger partial charge in [-0.25, -0.2) is 4.68 Å². The van der Waals surface area contributed by atoms with Crippen molar-refractivity contribution in [3.63, 3.8) is 0 Å². The summed E-state index contributed by atoms with van der Waals surface area (Å²) in [5, 5.41) is 14.6. The third-order valence-electron chi connectivity index (χ3n) is 3.20.